The summed E-state index contributed by atoms with van der Waals surface area (Å²) in [6, 6.07) is 0. The van der Waals surface area contributed by atoms with Crippen molar-refractivity contribution < 1.29 is 57.6 Å². The van der Waals surface area contributed by atoms with Crippen LogP contribution in [0.15, 0.2) is 0 Å². The van der Waals surface area contributed by atoms with Crippen LogP contribution in [0, 0.1) is 0 Å². The van der Waals surface area contributed by atoms with Crippen molar-refractivity contribution in [1.29, 1.82) is 0 Å². The lowest BCUT2D eigenvalue weighted by Gasteiger charge is -2.16. The molecule has 0 spiro atoms. The van der Waals surface area contributed by atoms with E-state index in [1.54, 1.807) is 0 Å². The lowest BCUT2D eigenvalue weighted by molar-refractivity contribution is -0.0191. The summed E-state index contributed by atoms with van der Waals surface area (Å²) in [7, 11) is 2.03. The fourth-order valence-electron chi connectivity index (χ4n) is 2.65. The standard InChI is InChI=1S/C25H53NO12/c1-26(2-6-29-10-14-33-18-20-35-16-12-31-8-4-27)3-7-30-11-15-34-19-22-37-24-25-38-23-21-36-17-13-32-9-5-28/h27-28H,2-25H2,1H3. The summed E-state index contributed by atoms with van der Waals surface area (Å²) >= 11 is 0. The Morgan fingerprint density at radius 2 is 0.500 bits per heavy atom. The van der Waals surface area contributed by atoms with E-state index in [9.17, 15) is 0 Å². The van der Waals surface area contributed by atoms with E-state index in [4.69, 9.17) is 57.6 Å². The smallest absolute Gasteiger partial charge is 0.0701 e. The second-order valence-electron chi connectivity index (χ2n) is 7.87. The Morgan fingerprint density at radius 3 is 0.711 bits per heavy atom. The molecule has 230 valence electrons. The Bertz CT molecular complexity index is 426. The molecular weight excluding hydrogens is 506 g/mol. The molecule has 0 aliphatic heterocycles. The third-order valence-corrected chi connectivity index (χ3v) is 4.68. The molecular formula is C25H53NO12. The predicted octanol–water partition coefficient (Wildman–Crippen LogP) is -0.931. The second-order valence-corrected chi connectivity index (χ2v) is 7.87. The summed E-state index contributed by atoms with van der Waals surface area (Å²) in [5.41, 5.74) is 0. The molecule has 0 fully saturated rings. The fourth-order valence-corrected chi connectivity index (χ4v) is 2.65. The zero-order valence-electron chi connectivity index (χ0n) is 23.4. The number of aliphatic hydroxyl groups is 2. The van der Waals surface area contributed by atoms with Crippen LogP contribution in [0.1, 0.15) is 0 Å². The van der Waals surface area contributed by atoms with Crippen LogP contribution in [-0.2, 0) is 47.4 Å². The average molecular weight is 560 g/mol. The van der Waals surface area contributed by atoms with Gasteiger partial charge < -0.3 is 62.5 Å². The highest BCUT2D eigenvalue weighted by Crippen LogP contribution is 1.88. The number of nitrogens with zero attached hydrogens (tertiary/aromatic N) is 1. The lowest BCUT2D eigenvalue weighted by atomic mass is 10.5. The number of rotatable bonds is 34. The van der Waals surface area contributed by atoms with Crippen LogP contribution in [0.2, 0.25) is 0 Å². The lowest BCUT2D eigenvalue weighted by Crippen LogP contribution is -2.28. The highest BCUT2D eigenvalue weighted by molar-refractivity contribution is 4.50. The largest absolute Gasteiger partial charge is 0.394 e. The molecule has 0 aliphatic rings. The molecule has 0 aromatic rings. The van der Waals surface area contributed by atoms with Gasteiger partial charge in [-0.05, 0) is 7.05 Å². The number of likely N-dealkylation sites (N-methyl/N-ethyl adjacent to an activating group) is 1. The van der Waals surface area contributed by atoms with Crippen molar-refractivity contribution in [2.24, 2.45) is 0 Å². The molecule has 0 amide bonds. The van der Waals surface area contributed by atoms with Crippen LogP contribution in [-0.4, -0.2) is 181 Å². The summed E-state index contributed by atoms with van der Waals surface area (Å²) in [5, 5.41) is 17.1. The Balaban J connectivity index is 3.13. The first-order valence-corrected chi connectivity index (χ1v) is 13.5. The number of hydrogen-bond acceptors (Lipinski definition) is 13. The SMILES string of the molecule is CN(CCOCCOCCOCCOCCO)CCOCCOCCOCCOCCOCCOCCO. The van der Waals surface area contributed by atoms with Crippen LogP contribution in [0.5, 0.6) is 0 Å². The zero-order valence-corrected chi connectivity index (χ0v) is 23.4. The minimum atomic E-state index is 0.0277. The monoisotopic (exact) mass is 559 g/mol. The molecule has 0 saturated heterocycles. The van der Waals surface area contributed by atoms with Gasteiger partial charge in [-0.3, -0.25) is 0 Å². The van der Waals surface area contributed by atoms with Gasteiger partial charge in [-0.1, -0.05) is 0 Å². The average Bonchev–Trinajstić information content (AvgIpc) is 2.92. The number of aliphatic hydroxyl groups excluding tert-OH is 2. The minimum Gasteiger partial charge on any atom is -0.394 e. The van der Waals surface area contributed by atoms with E-state index in [-0.39, 0.29) is 13.2 Å². The van der Waals surface area contributed by atoms with Crippen molar-refractivity contribution in [2.75, 3.05) is 165 Å². The van der Waals surface area contributed by atoms with Crippen LogP contribution < -0.4 is 0 Å². The Labute approximate surface area is 228 Å². The molecule has 0 rings (SSSR count). The van der Waals surface area contributed by atoms with Gasteiger partial charge in [0.05, 0.1) is 145 Å². The fraction of sp³-hybridized carbons (Fsp3) is 1.00. The molecule has 2 N–H and O–H groups in total. The maximum absolute atomic E-state index is 8.57. The predicted molar refractivity (Wildman–Crippen MR) is 140 cm³/mol. The topological polar surface area (TPSA) is 136 Å². The van der Waals surface area contributed by atoms with E-state index in [1.165, 1.54) is 0 Å². The normalized spacial score (nSPS) is 11.7. The van der Waals surface area contributed by atoms with E-state index in [1.807, 2.05) is 7.05 Å². The van der Waals surface area contributed by atoms with E-state index in [0.29, 0.717) is 132 Å². The Morgan fingerprint density at radius 1 is 0.316 bits per heavy atom. The number of ether oxygens (including phenoxy) is 10. The maximum atomic E-state index is 8.57. The molecule has 0 aliphatic carbocycles. The molecule has 13 nitrogen and oxygen atoms in total. The van der Waals surface area contributed by atoms with Gasteiger partial charge in [-0.25, -0.2) is 0 Å². The van der Waals surface area contributed by atoms with Crippen LogP contribution >= 0.6 is 0 Å². The molecule has 0 aromatic carbocycles. The molecule has 0 saturated carbocycles. The van der Waals surface area contributed by atoms with Crippen molar-refractivity contribution in [3.63, 3.8) is 0 Å². The summed E-state index contributed by atoms with van der Waals surface area (Å²) in [6.45, 7) is 11.9. The first-order chi connectivity index (χ1) is 18.8. The minimum absolute atomic E-state index is 0.0277. The van der Waals surface area contributed by atoms with E-state index >= 15 is 0 Å². The number of hydrogen-bond donors (Lipinski definition) is 2. The molecule has 0 aromatic heterocycles. The van der Waals surface area contributed by atoms with Gasteiger partial charge in [0.1, 0.15) is 0 Å². The molecule has 0 unspecified atom stereocenters. The van der Waals surface area contributed by atoms with E-state index < -0.39 is 0 Å². The molecule has 0 radical (unpaired) electrons. The van der Waals surface area contributed by atoms with Crippen LogP contribution in [0.3, 0.4) is 0 Å². The van der Waals surface area contributed by atoms with Crippen molar-refractivity contribution in [3.8, 4) is 0 Å². The highest BCUT2D eigenvalue weighted by atomic mass is 16.6. The molecule has 0 bridgehead atoms. The Kier molecular flexibility index (Phi) is 34.0. The van der Waals surface area contributed by atoms with Gasteiger partial charge in [0, 0.05) is 13.1 Å². The molecule has 0 heterocycles. The van der Waals surface area contributed by atoms with Crippen molar-refractivity contribution >= 4 is 0 Å². The third kappa shape index (κ3) is 33.5. The molecule has 0 atom stereocenters. The van der Waals surface area contributed by atoms with Gasteiger partial charge in [-0.15, -0.1) is 0 Å². The summed E-state index contributed by atoms with van der Waals surface area (Å²) < 4.78 is 53.8. The van der Waals surface area contributed by atoms with Gasteiger partial charge in [0.2, 0.25) is 0 Å². The van der Waals surface area contributed by atoms with Crippen molar-refractivity contribution in [3.05, 3.63) is 0 Å². The molecule has 13 heteroatoms. The van der Waals surface area contributed by atoms with Gasteiger partial charge in [0.15, 0.2) is 0 Å². The van der Waals surface area contributed by atoms with Crippen LogP contribution in [0.4, 0.5) is 0 Å². The first kappa shape index (κ1) is 37.5. The second kappa shape index (κ2) is 34.5. The molecule has 38 heavy (non-hydrogen) atoms. The van der Waals surface area contributed by atoms with E-state index in [2.05, 4.69) is 4.90 Å². The summed E-state index contributed by atoms with van der Waals surface area (Å²) in [4.78, 5) is 2.16. The third-order valence-electron chi connectivity index (χ3n) is 4.68. The van der Waals surface area contributed by atoms with Crippen molar-refractivity contribution in [2.45, 2.75) is 0 Å². The maximum Gasteiger partial charge on any atom is 0.0701 e. The quantitative estimate of drug-likeness (QED) is 0.0941. The van der Waals surface area contributed by atoms with E-state index in [0.717, 1.165) is 13.1 Å². The highest BCUT2D eigenvalue weighted by Gasteiger charge is 1.99. The van der Waals surface area contributed by atoms with Crippen LogP contribution in [0.25, 0.3) is 0 Å². The van der Waals surface area contributed by atoms with Gasteiger partial charge in [-0.2, -0.15) is 0 Å². The first-order valence-electron chi connectivity index (χ1n) is 13.5. The summed E-state index contributed by atoms with van der Waals surface area (Å²) in [6.07, 6.45) is 0. The summed E-state index contributed by atoms with van der Waals surface area (Å²) in [5.74, 6) is 0. The Hall–Kier alpha value is -0.520. The zero-order chi connectivity index (χ0) is 27.6. The van der Waals surface area contributed by atoms with Gasteiger partial charge in [0.25, 0.3) is 0 Å². The van der Waals surface area contributed by atoms with Crippen molar-refractivity contribution in [1.82, 2.24) is 4.90 Å². The van der Waals surface area contributed by atoms with Gasteiger partial charge >= 0.3 is 0 Å².